The number of nitriles is 1. The van der Waals surface area contributed by atoms with Crippen LogP contribution in [0.4, 0.5) is 0 Å². The fourth-order valence-electron chi connectivity index (χ4n) is 3.10. The van der Waals surface area contributed by atoms with Gasteiger partial charge in [0.05, 0.1) is 6.07 Å². The summed E-state index contributed by atoms with van der Waals surface area (Å²) < 4.78 is 0. The van der Waals surface area contributed by atoms with Crippen LogP contribution in [0.3, 0.4) is 0 Å². The van der Waals surface area contributed by atoms with E-state index in [4.69, 9.17) is 0 Å². The molecule has 3 nitrogen and oxygen atoms in total. The van der Waals surface area contributed by atoms with E-state index in [1.54, 1.807) is 0 Å². The molecule has 19 heavy (non-hydrogen) atoms. The molecule has 0 aromatic rings. The highest BCUT2D eigenvalue weighted by Gasteiger charge is 2.28. The topological polar surface area (TPSA) is 39.1 Å². The second-order valence-electron chi connectivity index (χ2n) is 6.43. The van der Waals surface area contributed by atoms with E-state index in [1.807, 2.05) is 6.92 Å². The minimum absolute atomic E-state index is 0.373. The van der Waals surface area contributed by atoms with Gasteiger partial charge in [0.25, 0.3) is 0 Å². The van der Waals surface area contributed by atoms with Crippen molar-refractivity contribution in [2.45, 2.75) is 70.9 Å². The van der Waals surface area contributed by atoms with Crippen LogP contribution in [-0.2, 0) is 0 Å². The van der Waals surface area contributed by atoms with Gasteiger partial charge in [0, 0.05) is 12.6 Å². The molecule has 0 aromatic heterocycles. The first-order valence-corrected chi connectivity index (χ1v) is 7.89. The molecule has 3 heteroatoms. The third-order valence-corrected chi connectivity index (χ3v) is 4.61. The van der Waals surface area contributed by atoms with E-state index in [9.17, 15) is 5.26 Å². The Morgan fingerprint density at radius 2 is 2.05 bits per heavy atom. The molecular formula is C16H31N3. The molecule has 110 valence electrons. The molecule has 0 bridgehead atoms. The number of hydrogen-bond donors (Lipinski definition) is 1. The van der Waals surface area contributed by atoms with Crippen molar-refractivity contribution in [2.75, 3.05) is 20.1 Å². The molecule has 1 saturated carbocycles. The van der Waals surface area contributed by atoms with E-state index in [1.165, 1.54) is 25.7 Å². The first-order chi connectivity index (χ1) is 9.02. The smallest absolute Gasteiger partial charge is 0.105 e. The third kappa shape index (κ3) is 5.12. The first kappa shape index (κ1) is 16.5. The van der Waals surface area contributed by atoms with Crippen molar-refractivity contribution in [3.8, 4) is 6.07 Å². The maximum absolute atomic E-state index is 9.36. The average molecular weight is 265 g/mol. The molecule has 1 rings (SSSR count). The van der Waals surface area contributed by atoms with E-state index < -0.39 is 0 Å². The molecule has 0 spiro atoms. The normalized spacial score (nSPS) is 26.9. The van der Waals surface area contributed by atoms with Crippen LogP contribution in [0.15, 0.2) is 0 Å². The summed E-state index contributed by atoms with van der Waals surface area (Å²) in [5.74, 6) is 0.802. The highest BCUT2D eigenvalue weighted by atomic mass is 15.1. The van der Waals surface area contributed by atoms with Gasteiger partial charge in [0.15, 0.2) is 0 Å². The van der Waals surface area contributed by atoms with Gasteiger partial charge >= 0.3 is 0 Å². The van der Waals surface area contributed by atoms with E-state index >= 15 is 0 Å². The molecule has 0 amide bonds. The molecule has 1 fully saturated rings. The Balaban J connectivity index is 2.43. The van der Waals surface area contributed by atoms with Gasteiger partial charge in [0.1, 0.15) is 5.54 Å². The van der Waals surface area contributed by atoms with Crippen LogP contribution in [0.5, 0.6) is 0 Å². The summed E-state index contributed by atoms with van der Waals surface area (Å²) in [6.45, 7) is 8.48. The van der Waals surface area contributed by atoms with Crippen LogP contribution in [0.1, 0.15) is 59.3 Å². The molecule has 0 aliphatic heterocycles. The van der Waals surface area contributed by atoms with E-state index in [0.717, 1.165) is 31.8 Å². The predicted octanol–water partition coefficient (Wildman–Crippen LogP) is 3.17. The Kier molecular flexibility index (Phi) is 6.82. The quantitative estimate of drug-likeness (QED) is 0.768. The van der Waals surface area contributed by atoms with Crippen LogP contribution in [0.25, 0.3) is 0 Å². The highest BCUT2D eigenvalue weighted by molar-refractivity contribution is 5.04. The lowest BCUT2D eigenvalue weighted by Gasteiger charge is -2.37. The monoisotopic (exact) mass is 265 g/mol. The Morgan fingerprint density at radius 1 is 1.37 bits per heavy atom. The van der Waals surface area contributed by atoms with Crippen molar-refractivity contribution in [3.05, 3.63) is 0 Å². The van der Waals surface area contributed by atoms with E-state index in [0.29, 0.717) is 6.04 Å². The fraction of sp³-hybridized carbons (Fsp3) is 0.938. The lowest BCUT2D eigenvalue weighted by molar-refractivity contribution is 0.131. The van der Waals surface area contributed by atoms with E-state index in [-0.39, 0.29) is 5.54 Å². The van der Waals surface area contributed by atoms with Crippen LogP contribution in [0.2, 0.25) is 0 Å². The molecule has 1 aliphatic rings. The Hall–Kier alpha value is -0.590. The predicted molar refractivity (Wildman–Crippen MR) is 81.0 cm³/mol. The summed E-state index contributed by atoms with van der Waals surface area (Å²) in [5.41, 5.74) is -0.373. The average Bonchev–Trinajstić information content (AvgIpc) is 2.43. The zero-order chi connectivity index (χ0) is 14.3. The van der Waals surface area contributed by atoms with Gasteiger partial charge in [0.2, 0.25) is 0 Å². The molecular weight excluding hydrogens is 234 g/mol. The molecule has 3 atom stereocenters. The first-order valence-electron chi connectivity index (χ1n) is 7.89. The number of hydrogen-bond acceptors (Lipinski definition) is 3. The van der Waals surface area contributed by atoms with Crippen molar-refractivity contribution in [3.63, 3.8) is 0 Å². The summed E-state index contributed by atoms with van der Waals surface area (Å²) in [5, 5.41) is 12.7. The van der Waals surface area contributed by atoms with E-state index in [2.05, 4.69) is 37.2 Å². The van der Waals surface area contributed by atoms with Gasteiger partial charge in [-0.1, -0.05) is 26.7 Å². The highest BCUT2D eigenvalue weighted by Crippen LogP contribution is 2.27. The van der Waals surface area contributed by atoms with Gasteiger partial charge < -0.3 is 4.90 Å². The zero-order valence-corrected chi connectivity index (χ0v) is 13.2. The summed E-state index contributed by atoms with van der Waals surface area (Å²) in [6, 6.07) is 3.16. The minimum Gasteiger partial charge on any atom is -0.303 e. The number of rotatable bonds is 7. The van der Waals surface area contributed by atoms with Gasteiger partial charge in [-0.15, -0.1) is 0 Å². The van der Waals surface area contributed by atoms with Crippen molar-refractivity contribution in [2.24, 2.45) is 5.92 Å². The molecule has 1 aliphatic carbocycles. The molecule has 0 aromatic carbocycles. The molecule has 0 radical (unpaired) electrons. The van der Waals surface area contributed by atoms with Crippen molar-refractivity contribution in [1.29, 1.82) is 5.26 Å². The second-order valence-corrected chi connectivity index (χ2v) is 6.43. The number of nitrogens with zero attached hydrogens (tertiary/aromatic N) is 2. The summed E-state index contributed by atoms with van der Waals surface area (Å²) >= 11 is 0. The Morgan fingerprint density at radius 3 is 2.63 bits per heavy atom. The van der Waals surface area contributed by atoms with Crippen molar-refractivity contribution < 1.29 is 0 Å². The lowest BCUT2D eigenvalue weighted by Crippen LogP contribution is -2.46. The molecule has 3 unspecified atom stereocenters. The fourth-order valence-corrected chi connectivity index (χ4v) is 3.10. The van der Waals surface area contributed by atoms with Crippen molar-refractivity contribution >= 4 is 0 Å². The van der Waals surface area contributed by atoms with Crippen LogP contribution < -0.4 is 5.32 Å². The van der Waals surface area contributed by atoms with Gasteiger partial charge in [-0.3, -0.25) is 5.32 Å². The summed E-state index contributed by atoms with van der Waals surface area (Å²) in [7, 11) is 2.23. The summed E-state index contributed by atoms with van der Waals surface area (Å²) in [4.78, 5) is 2.48. The third-order valence-electron chi connectivity index (χ3n) is 4.61. The van der Waals surface area contributed by atoms with Crippen LogP contribution in [0, 0.1) is 17.2 Å². The van der Waals surface area contributed by atoms with Gasteiger partial charge in [-0.05, 0) is 52.1 Å². The zero-order valence-electron chi connectivity index (χ0n) is 13.2. The maximum atomic E-state index is 9.36. The molecule has 0 saturated heterocycles. The molecule has 0 heterocycles. The van der Waals surface area contributed by atoms with Gasteiger partial charge in [-0.25, -0.2) is 0 Å². The minimum atomic E-state index is -0.373. The van der Waals surface area contributed by atoms with Gasteiger partial charge in [-0.2, -0.15) is 5.26 Å². The van der Waals surface area contributed by atoms with Crippen LogP contribution in [-0.4, -0.2) is 36.6 Å². The largest absolute Gasteiger partial charge is 0.303 e. The van der Waals surface area contributed by atoms with Crippen molar-refractivity contribution in [1.82, 2.24) is 10.2 Å². The Bertz CT molecular complexity index is 297. The maximum Gasteiger partial charge on any atom is 0.105 e. The Labute approximate surface area is 119 Å². The lowest BCUT2D eigenvalue weighted by atomic mass is 9.85. The van der Waals surface area contributed by atoms with Crippen LogP contribution >= 0.6 is 0 Å². The SMILES string of the molecule is CCCNC(C)(C#N)CCN(C)C1CCCCC1C. The summed E-state index contributed by atoms with van der Waals surface area (Å²) in [6.07, 6.45) is 7.42. The second kappa shape index (κ2) is 7.87. The standard InChI is InChI=1S/C16H31N3/c1-5-11-18-16(3,13-17)10-12-19(4)15-9-7-6-8-14(15)2/h14-15,18H,5-12H2,1-4H3. The number of nitrogens with one attached hydrogen (secondary N) is 1. The molecule has 1 N–H and O–H groups in total.